The molecule has 1 fully saturated rings. The summed E-state index contributed by atoms with van der Waals surface area (Å²) in [6, 6.07) is 5.36. The van der Waals surface area contributed by atoms with Gasteiger partial charge in [-0.25, -0.2) is 4.39 Å². The molecule has 0 aromatic heterocycles. The maximum Gasteiger partial charge on any atom is 0.311 e. The molecule has 0 amide bonds. The summed E-state index contributed by atoms with van der Waals surface area (Å²) in [7, 11) is 0. The van der Waals surface area contributed by atoms with Crippen molar-refractivity contribution < 1.29 is 14.1 Å². The van der Waals surface area contributed by atoms with E-state index in [0.717, 1.165) is 31.0 Å². The minimum Gasteiger partial charge on any atom is -0.484 e. The Morgan fingerprint density at radius 3 is 2.90 bits per heavy atom. The van der Waals surface area contributed by atoms with Gasteiger partial charge in [-0.2, -0.15) is 5.26 Å². The molecule has 0 spiro atoms. The van der Waals surface area contributed by atoms with Crippen LogP contribution in [-0.4, -0.2) is 23.1 Å². The fourth-order valence-electron chi connectivity index (χ4n) is 1.76. The average molecular weight is 279 g/mol. The first-order valence-electron chi connectivity index (χ1n) is 6.19. The van der Waals surface area contributed by atoms with E-state index in [1.807, 2.05) is 0 Å². The Balaban J connectivity index is 2.11. The van der Waals surface area contributed by atoms with Crippen LogP contribution in [-0.2, 0) is 0 Å². The highest BCUT2D eigenvalue weighted by atomic mass is 19.1. The van der Waals surface area contributed by atoms with E-state index in [1.165, 1.54) is 0 Å². The Kier molecular flexibility index (Phi) is 3.86. The number of ether oxygens (including phenoxy) is 1. The van der Waals surface area contributed by atoms with Gasteiger partial charge in [-0.3, -0.25) is 15.4 Å². The van der Waals surface area contributed by atoms with E-state index in [9.17, 15) is 19.8 Å². The first-order valence-corrected chi connectivity index (χ1v) is 6.19. The maximum atomic E-state index is 13.1. The van der Waals surface area contributed by atoms with E-state index in [-0.39, 0.29) is 24.1 Å². The number of nitrogens with zero attached hydrogens (tertiary/aromatic N) is 2. The van der Waals surface area contributed by atoms with Gasteiger partial charge in [0.2, 0.25) is 0 Å². The third-order valence-corrected chi connectivity index (χ3v) is 2.98. The van der Waals surface area contributed by atoms with Gasteiger partial charge in [-0.15, -0.1) is 0 Å². The monoisotopic (exact) mass is 279 g/mol. The fraction of sp³-hybridized carbons (Fsp3) is 0.462. The number of nitrogens with one attached hydrogen (secondary N) is 1. The molecule has 0 saturated heterocycles. The number of halogens is 1. The Morgan fingerprint density at radius 1 is 1.65 bits per heavy atom. The number of rotatable bonds is 6. The summed E-state index contributed by atoms with van der Waals surface area (Å²) in [6.45, 7) is 1.56. The minimum absolute atomic E-state index is 0.0930. The third-order valence-electron chi connectivity index (χ3n) is 2.98. The first-order chi connectivity index (χ1) is 9.43. The van der Waals surface area contributed by atoms with E-state index in [1.54, 1.807) is 6.92 Å². The van der Waals surface area contributed by atoms with Crippen molar-refractivity contribution in [3.63, 3.8) is 0 Å². The summed E-state index contributed by atoms with van der Waals surface area (Å²) >= 11 is 0. The number of hydrogen-bond acceptors (Lipinski definition) is 5. The van der Waals surface area contributed by atoms with E-state index in [0.29, 0.717) is 0 Å². The lowest BCUT2D eigenvalue weighted by Gasteiger charge is -2.23. The van der Waals surface area contributed by atoms with Crippen molar-refractivity contribution >= 4 is 5.69 Å². The molecule has 0 heterocycles. The summed E-state index contributed by atoms with van der Waals surface area (Å²) < 4.78 is 18.4. The maximum absolute atomic E-state index is 13.1. The molecule has 1 N–H and O–H groups in total. The standard InChI is InChI=1S/C13H14FN3O3/c1-13(7-15,16-10-3-4-10)8-20-12-6-9(14)2-5-11(12)17(18)19/h2,5-6,10,16H,3-4,8H2,1H3. The van der Waals surface area contributed by atoms with Gasteiger partial charge in [0.15, 0.2) is 5.75 Å². The van der Waals surface area contributed by atoms with Crippen molar-refractivity contribution in [3.05, 3.63) is 34.1 Å². The quantitative estimate of drug-likeness (QED) is 0.636. The van der Waals surface area contributed by atoms with Crippen molar-refractivity contribution in [2.24, 2.45) is 0 Å². The van der Waals surface area contributed by atoms with Crippen molar-refractivity contribution in [1.29, 1.82) is 5.26 Å². The van der Waals surface area contributed by atoms with Crippen LogP contribution < -0.4 is 10.1 Å². The molecular formula is C13H14FN3O3. The van der Waals surface area contributed by atoms with Crippen LogP contribution >= 0.6 is 0 Å². The number of benzene rings is 1. The molecule has 1 saturated carbocycles. The average Bonchev–Trinajstić information content (AvgIpc) is 3.20. The summed E-state index contributed by atoms with van der Waals surface area (Å²) in [5, 5.41) is 23.1. The zero-order valence-electron chi connectivity index (χ0n) is 10.9. The highest BCUT2D eigenvalue weighted by Crippen LogP contribution is 2.29. The predicted molar refractivity (Wildman–Crippen MR) is 68.7 cm³/mol. The molecule has 1 aromatic carbocycles. The third kappa shape index (κ3) is 3.42. The van der Waals surface area contributed by atoms with Gasteiger partial charge in [-0.05, 0) is 25.8 Å². The molecule has 0 radical (unpaired) electrons. The van der Waals surface area contributed by atoms with Gasteiger partial charge in [-0.1, -0.05) is 0 Å². The van der Waals surface area contributed by atoms with Gasteiger partial charge < -0.3 is 4.74 Å². The lowest BCUT2D eigenvalue weighted by Crippen LogP contribution is -2.47. The molecule has 2 rings (SSSR count). The van der Waals surface area contributed by atoms with Gasteiger partial charge in [0.1, 0.15) is 18.0 Å². The summed E-state index contributed by atoms with van der Waals surface area (Å²) in [6.07, 6.45) is 1.99. The Morgan fingerprint density at radius 2 is 2.35 bits per heavy atom. The lowest BCUT2D eigenvalue weighted by molar-refractivity contribution is -0.386. The Hall–Kier alpha value is -2.20. The molecule has 20 heavy (non-hydrogen) atoms. The van der Waals surface area contributed by atoms with E-state index < -0.39 is 16.3 Å². The first kappa shape index (κ1) is 14.2. The fourth-order valence-corrected chi connectivity index (χ4v) is 1.76. The number of nitriles is 1. The highest BCUT2D eigenvalue weighted by Gasteiger charge is 2.33. The molecule has 1 atom stereocenters. The van der Waals surface area contributed by atoms with Crippen LogP contribution in [0.15, 0.2) is 18.2 Å². The van der Waals surface area contributed by atoms with Crippen LogP contribution in [0.1, 0.15) is 19.8 Å². The van der Waals surface area contributed by atoms with Gasteiger partial charge in [0.25, 0.3) is 0 Å². The smallest absolute Gasteiger partial charge is 0.311 e. The van der Waals surface area contributed by atoms with Crippen molar-refractivity contribution in [2.75, 3.05) is 6.61 Å². The van der Waals surface area contributed by atoms with Crippen LogP contribution in [0, 0.1) is 27.3 Å². The highest BCUT2D eigenvalue weighted by molar-refractivity contribution is 5.46. The molecule has 6 nitrogen and oxygen atoms in total. The number of nitro benzene ring substituents is 1. The molecule has 1 unspecified atom stereocenters. The van der Waals surface area contributed by atoms with Gasteiger partial charge in [0.05, 0.1) is 11.0 Å². The van der Waals surface area contributed by atoms with Crippen LogP contribution in [0.2, 0.25) is 0 Å². The molecule has 106 valence electrons. The van der Waals surface area contributed by atoms with Crippen LogP contribution in [0.4, 0.5) is 10.1 Å². The normalized spacial score (nSPS) is 17.1. The second kappa shape index (κ2) is 5.43. The predicted octanol–water partition coefficient (Wildman–Crippen LogP) is 2.15. The minimum atomic E-state index is -0.957. The zero-order chi connectivity index (χ0) is 14.8. The topological polar surface area (TPSA) is 88.2 Å². The summed E-state index contributed by atoms with van der Waals surface area (Å²) in [5.74, 6) is -0.798. The second-order valence-corrected chi connectivity index (χ2v) is 5.02. The molecule has 7 heteroatoms. The van der Waals surface area contributed by atoms with Gasteiger partial charge in [0, 0.05) is 18.2 Å². The largest absolute Gasteiger partial charge is 0.484 e. The van der Waals surface area contributed by atoms with Crippen molar-refractivity contribution in [1.82, 2.24) is 5.32 Å². The van der Waals surface area contributed by atoms with Crippen molar-refractivity contribution in [2.45, 2.75) is 31.3 Å². The molecule has 0 bridgehead atoms. The molecule has 1 aromatic rings. The summed E-state index contributed by atoms with van der Waals surface area (Å²) in [4.78, 5) is 10.2. The van der Waals surface area contributed by atoms with Crippen LogP contribution in [0.5, 0.6) is 5.75 Å². The molecule has 0 aliphatic heterocycles. The number of hydrogen-bond donors (Lipinski definition) is 1. The SMILES string of the molecule is CC(C#N)(COc1cc(F)ccc1[N+](=O)[O-])NC1CC1. The van der Waals surface area contributed by atoms with Crippen LogP contribution in [0.25, 0.3) is 0 Å². The molecular weight excluding hydrogens is 265 g/mol. The number of nitro groups is 1. The van der Waals surface area contributed by atoms with E-state index in [4.69, 9.17) is 4.74 Å². The second-order valence-electron chi connectivity index (χ2n) is 5.02. The Bertz CT molecular complexity index is 568. The zero-order valence-corrected chi connectivity index (χ0v) is 10.9. The van der Waals surface area contributed by atoms with Gasteiger partial charge >= 0.3 is 5.69 Å². The molecule has 1 aliphatic rings. The summed E-state index contributed by atoms with van der Waals surface area (Å²) in [5.41, 5.74) is -1.28. The molecule has 1 aliphatic carbocycles. The lowest BCUT2D eigenvalue weighted by atomic mass is 10.1. The Labute approximate surface area is 115 Å². The van der Waals surface area contributed by atoms with E-state index >= 15 is 0 Å². The van der Waals surface area contributed by atoms with Crippen molar-refractivity contribution in [3.8, 4) is 11.8 Å². The van der Waals surface area contributed by atoms with E-state index in [2.05, 4.69) is 11.4 Å². The van der Waals surface area contributed by atoms with Crippen LogP contribution in [0.3, 0.4) is 0 Å².